The van der Waals surface area contributed by atoms with E-state index in [0.29, 0.717) is 22.3 Å². The number of halogens is 1. The highest BCUT2D eigenvalue weighted by atomic mass is 127. The molecule has 0 saturated heterocycles. The molecule has 0 spiro atoms. The van der Waals surface area contributed by atoms with Gasteiger partial charge in [0.25, 0.3) is 0 Å². The number of hydrogen-bond donors (Lipinski definition) is 0. The minimum Gasteiger partial charge on any atom is -0.378 e. The normalized spacial score (nSPS) is 11.5. The zero-order valence-corrected chi connectivity index (χ0v) is 14.6. The number of nitrogens with zero attached hydrogens (tertiary/aromatic N) is 1. The van der Waals surface area contributed by atoms with Crippen molar-refractivity contribution in [3.05, 3.63) is 63.9 Å². The van der Waals surface area contributed by atoms with Crippen molar-refractivity contribution in [3.8, 4) is 5.75 Å². The molecule has 0 radical (unpaired) electrons. The molecule has 0 unspecified atom stereocenters. The van der Waals surface area contributed by atoms with Crippen molar-refractivity contribution < 1.29 is 12.6 Å². The highest BCUT2D eigenvalue weighted by molar-refractivity contribution is 14.1. The maximum absolute atomic E-state index is 12.4. The van der Waals surface area contributed by atoms with Gasteiger partial charge in [-0.2, -0.15) is 8.42 Å². The largest absolute Gasteiger partial charge is 0.378 e. The molecular formula is C16H12INO3S. The standard InChI is InChI=1S/C16H12INO3S/c1-11-10-16(14-4-2-3-5-15(14)18-11)21-22(19,20)13-8-6-12(17)7-9-13/h2-10H,1H3. The lowest BCUT2D eigenvalue weighted by atomic mass is 10.2. The summed E-state index contributed by atoms with van der Waals surface area (Å²) in [6.45, 7) is 1.80. The molecule has 22 heavy (non-hydrogen) atoms. The number of aryl methyl sites for hydroxylation is 1. The zero-order chi connectivity index (χ0) is 15.7. The number of pyridine rings is 1. The Morgan fingerprint density at radius 3 is 2.45 bits per heavy atom. The van der Waals surface area contributed by atoms with Crippen molar-refractivity contribution in [2.45, 2.75) is 11.8 Å². The average Bonchev–Trinajstić information content (AvgIpc) is 2.47. The number of rotatable bonds is 3. The van der Waals surface area contributed by atoms with Crippen molar-refractivity contribution in [3.63, 3.8) is 0 Å². The third-order valence-electron chi connectivity index (χ3n) is 3.11. The van der Waals surface area contributed by atoms with E-state index in [9.17, 15) is 8.42 Å². The molecule has 0 aliphatic rings. The summed E-state index contributed by atoms with van der Waals surface area (Å²) in [4.78, 5) is 4.51. The van der Waals surface area contributed by atoms with Crippen LogP contribution in [-0.2, 0) is 10.1 Å². The van der Waals surface area contributed by atoms with Gasteiger partial charge in [0.15, 0.2) is 5.75 Å². The van der Waals surface area contributed by atoms with Gasteiger partial charge in [0.05, 0.1) is 5.52 Å². The Balaban J connectivity index is 2.07. The second kappa shape index (κ2) is 5.85. The van der Waals surface area contributed by atoms with Crippen LogP contribution in [0.5, 0.6) is 5.75 Å². The van der Waals surface area contributed by atoms with Gasteiger partial charge in [0.2, 0.25) is 0 Å². The number of aromatic nitrogens is 1. The van der Waals surface area contributed by atoms with Crippen molar-refractivity contribution >= 4 is 43.6 Å². The van der Waals surface area contributed by atoms with Crippen molar-refractivity contribution in [2.24, 2.45) is 0 Å². The summed E-state index contributed by atoms with van der Waals surface area (Å²) in [6, 6.07) is 15.5. The Bertz CT molecular complexity index is 937. The summed E-state index contributed by atoms with van der Waals surface area (Å²) in [5.74, 6) is 0.293. The van der Waals surface area contributed by atoms with E-state index >= 15 is 0 Å². The maximum Gasteiger partial charge on any atom is 0.339 e. The molecule has 0 saturated carbocycles. The predicted octanol–water partition coefficient (Wildman–Crippen LogP) is 3.92. The second-order valence-electron chi connectivity index (χ2n) is 4.77. The lowest BCUT2D eigenvalue weighted by molar-refractivity contribution is 0.488. The van der Waals surface area contributed by atoms with Crippen LogP contribution in [0.15, 0.2) is 59.5 Å². The van der Waals surface area contributed by atoms with E-state index < -0.39 is 10.1 Å². The van der Waals surface area contributed by atoms with Gasteiger partial charge in [-0.25, -0.2) is 0 Å². The lowest BCUT2D eigenvalue weighted by Gasteiger charge is -2.10. The first-order valence-electron chi connectivity index (χ1n) is 6.52. The van der Waals surface area contributed by atoms with Gasteiger partial charge in [-0.1, -0.05) is 12.1 Å². The van der Waals surface area contributed by atoms with Crippen LogP contribution in [0.3, 0.4) is 0 Å². The molecule has 0 N–H and O–H groups in total. The smallest absolute Gasteiger partial charge is 0.339 e. The molecule has 0 aliphatic carbocycles. The third kappa shape index (κ3) is 3.07. The summed E-state index contributed by atoms with van der Waals surface area (Å²) >= 11 is 2.12. The number of benzene rings is 2. The van der Waals surface area contributed by atoms with Crippen LogP contribution in [0.4, 0.5) is 0 Å². The van der Waals surface area contributed by atoms with Crippen LogP contribution >= 0.6 is 22.6 Å². The van der Waals surface area contributed by atoms with E-state index in [2.05, 4.69) is 27.6 Å². The molecule has 4 nitrogen and oxygen atoms in total. The topological polar surface area (TPSA) is 56.3 Å². The first-order chi connectivity index (χ1) is 10.5. The summed E-state index contributed by atoms with van der Waals surface area (Å²) in [6.07, 6.45) is 0. The molecule has 0 fully saturated rings. The molecule has 0 amide bonds. The minimum absolute atomic E-state index is 0.131. The van der Waals surface area contributed by atoms with Crippen molar-refractivity contribution in [2.75, 3.05) is 0 Å². The van der Waals surface area contributed by atoms with Gasteiger partial charge in [-0.15, -0.1) is 0 Å². The van der Waals surface area contributed by atoms with E-state index in [1.165, 1.54) is 12.1 Å². The summed E-state index contributed by atoms with van der Waals surface area (Å²) in [7, 11) is -3.87. The monoisotopic (exact) mass is 425 g/mol. The molecule has 0 aliphatic heterocycles. The molecule has 2 aromatic carbocycles. The van der Waals surface area contributed by atoms with Crippen LogP contribution in [0.25, 0.3) is 10.9 Å². The fourth-order valence-electron chi connectivity index (χ4n) is 2.11. The highest BCUT2D eigenvalue weighted by Crippen LogP contribution is 2.28. The Hall–Kier alpha value is -1.67. The molecule has 3 aromatic rings. The van der Waals surface area contributed by atoms with Gasteiger partial charge in [-0.3, -0.25) is 4.98 Å². The van der Waals surface area contributed by atoms with Crippen LogP contribution in [-0.4, -0.2) is 13.4 Å². The van der Waals surface area contributed by atoms with E-state index in [1.54, 1.807) is 31.2 Å². The lowest BCUT2D eigenvalue weighted by Crippen LogP contribution is -2.10. The molecule has 3 rings (SSSR count). The highest BCUT2D eigenvalue weighted by Gasteiger charge is 2.18. The molecular weight excluding hydrogens is 413 g/mol. The molecule has 0 atom stereocenters. The second-order valence-corrected chi connectivity index (χ2v) is 7.56. The van der Waals surface area contributed by atoms with Crippen LogP contribution in [0.1, 0.15) is 5.69 Å². The first-order valence-corrected chi connectivity index (χ1v) is 9.01. The summed E-state index contributed by atoms with van der Waals surface area (Å²) < 4.78 is 31.2. The Morgan fingerprint density at radius 1 is 1.05 bits per heavy atom. The van der Waals surface area contributed by atoms with Gasteiger partial charge in [-0.05, 0) is 65.9 Å². The zero-order valence-electron chi connectivity index (χ0n) is 11.7. The third-order valence-corrected chi connectivity index (χ3v) is 5.08. The molecule has 6 heteroatoms. The molecule has 112 valence electrons. The van der Waals surface area contributed by atoms with E-state index in [1.807, 2.05) is 18.2 Å². The Kier molecular flexibility index (Phi) is 4.05. The average molecular weight is 425 g/mol. The van der Waals surface area contributed by atoms with Crippen LogP contribution in [0.2, 0.25) is 0 Å². The fraction of sp³-hybridized carbons (Fsp3) is 0.0625. The first kappa shape index (κ1) is 15.2. The fourth-order valence-corrected chi connectivity index (χ4v) is 3.41. The summed E-state index contributed by atoms with van der Waals surface area (Å²) in [5, 5.41) is 0.669. The van der Waals surface area contributed by atoms with Crippen LogP contribution < -0.4 is 4.18 Å². The summed E-state index contributed by atoms with van der Waals surface area (Å²) in [5.41, 5.74) is 1.40. The Morgan fingerprint density at radius 2 is 1.73 bits per heavy atom. The number of para-hydroxylation sites is 1. The van der Waals surface area contributed by atoms with Crippen molar-refractivity contribution in [1.29, 1.82) is 0 Å². The molecule has 0 bridgehead atoms. The van der Waals surface area contributed by atoms with Crippen molar-refractivity contribution in [1.82, 2.24) is 4.98 Å². The Labute approximate surface area is 142 Å². The predicted molar refractivity (Wildman–Crippen MR) is 93.5 cm³/mol. The van der Waals surface area contributed by atoms with E-state index in [-0.39, 0.29) is 4.90 Å². The SMILES string of the molecule is Cc1cc(OS(=O)(=O)c2ccc(I)cc2)c2ccccc2n1. The van der Waals surface area contributed by atoms with Gasteiger partial charge in [0.1, 0.15) is 4.90 Å². The number of hydrogen-bond acceptors (Lipinski definition) is 4. The van der Waals surface area contributed by atoms with E-state index in [0.717, 1.165) is 3.57 Å². The van der Waals surface area contributed by atoms with Gasteiger partial charge in [0, 0.05) is 20.7 Å². The number of fused-ring (bicyclic) bond motifs is 1. The maximum atomic E-state index is 12.4. The van der Waals surface area contributed by atoms with Gasteiger partial charge < -0.3 is 4.18 Å². The quantitative estimate of drug-likeness (QED) is 0.472. The molecule has 1 heterocycles. The van der Waals surface area contributed by atoms with Crippen LogP contribution in [0, 0.1) is 10.5 Å². The minimum atomic E-state index is -3.87. The van der Waals surface area contributed by atoms with Gasteiger partial charge >= 0.3 is 10.1 Å². The molecule has 1 aromatic heterocycles. The van der Waals surface area contributed by atoms with E-state index in [4.69, 9.17) is 4.18 Å².